The van der Waals surface area contributed by atoms with Crippen LogP contribution in [0.5, 0.6) is 0 Å². The van der Waals surface area contributed by atoms with E-state index in [0.717, 1.165) is 62.0 Å². The lowest BCUT2D eigenvalue weighted by Gasteiger charge is -2.27. The summed E-state index contributed by atoms with van der Waals surface area (Å²) >= 11 is 0. The Hall–Kier alpha value is -3.32. The molecule has 7 nitrogen and oxygen atoms in total. The molecule has 3 aromatic carbocycles. The molecule has 1 amide bonds. The Morgan fingerprint density at radius 3 is 2.47 bits per heavy atom. The van der Waals surface area contributed by atoms with E-state index in [4.69, 9.17) is 0 Å². The van der Waals surface area contributed by atoms with Crippen LogP contribution in [0, 0.1) is 5.82 Å². The van der Waals surface area contributed by atoms with E-state index < -0.39 is 44.4 Å². The molecular weight excluding hydrogens is 608 g/mol. The molecule has 0 saturated carbocycles. The molecule has 1 fully saturated rings. The summed E-state index contributed by atoms with van der Waals surface area (Å²) in [5.41, 5.74) is 2.80. The molecule has 0 radical (unpaired) electrons. The molecule has 0 spiro atoms. The number of benzene rings is 3. The van der Waals surface area contributed by atoms with Crippen molar-refractivity contribution in [1.29, 1.82) is 0 Å². The van der Waals surface area contributed by atoms with Crippen LogP contribution in [0.25, 0.3) is 0 Å². The number of rotatable bonds is 12. The third-order valence-electron chi connectivity index (χ3n) is 8.43. The van der Waals surface area contributed by atoms with E-state index in [1.54, 1.807) is 0 Å². The minimum absolute atomic E-state index is 0.164. The summed E-state index contributed by atoms with van der Waals surface area (Å²) in [5.74, 6) is -0.979. The molecule has 1 aliphatic heterocycles. The Balaban J connectivity index is 1.20. The zero-order chi connectivity index (χ0) is 32.0. The van der Waals surface area contributed by atoms with E-state index in [1.807, 2.05) is 0 Å². The largest absolute Gasteiger partial charge is 0.416 e. The standard InChI is InChI=1S/C33H38F4N4O3S/c34-28-11-8-24(9-12-28)31(40-45(43,44)30-5-3-4-27(20-30)33(35,36)37)21-32(42)39-29-13-10-25-18-23(6-7-26(25)19-29)22-38-14-17-41-15-1-2-16-41/h3-9,11-12,18,20,29,31,38,40H,1-2,10,13-17,19,21-22H2,(H,39,42). The number of likely N-dealkylation sites (tertiary alicyclic amines) is 1. The summed E-state index contributed by atoms with van der Waals surface area (Å²) < 4.78 is 82.0. The Bertz CT molecular complexity index is 1580. The highest BCUT2D eigenvalue weighted by molar-refractivity contribution is 7.89. The lowest BCUT2D eigenvalue weighted by molar-refractivity contribution is -0.137. The number of halogens is 4. The number of amides is 1. The van der Waals surface area contributed by atoms with Gasteiger partial charge in [0, 0.05) is 32.1 Å². The monoisotopic (exact) mass is 646 g/mol. The first kappa shape index (κ1) is 33.1. The minimum atomic E-state index is -4.73. The summed E-state index contributed by atoms with van der Waals surface area (Å²) in [6, 6.07) is 13.4. The van der Waals surface area contributed by atoms with Gasteiger partial charge >= 0.3 is 6.18 Å². The van der Waals surface area contributed by atoms with Gasteiger partial charge < -0.3 is 15.5 Å². The van der Waals surface area contributed by atoms with E-state index in [0.29, 0.717) is 24.5 Å². The lowest BCUT2D eigenvalue weighted by atomic mass is 9.87. The van der Waals surface area contributed by atoms with Crippen molar-refractivity contribution in [3.8, 4) is 0 Å². The molecule has 3 N–H and O–H groups in total. The van der Waals surface area contributed by atoms with Gasteiger partial charge in [-0.3, -0.25) is 4.79 Å². The average Bonchev–Trinajstić information content (AvgIpc) is 3.53. The topological polar surface area (TPSA) is 90.5 Å². The van der Waals surface area contributed by atoms with Crippen LogP contribution in [-0.4, -0.2) is 51.4 Å². The minimum Gasteiger partial charge on any atom is -0.353 e. The van der Waals surface area contributed by atoms with Crippen LogP contribution < -0.4 is 15.4 Å². The first-order chi connectivity index (χ1) is 21.5. The molecule has 1 heterocycles. The van der Waals surface area contributed by atoms with Crippen LogP contribution in [-0.2, 0) is 40.4 Å². The van der Waals surface area contributed by atoms with Gasteiger partial charge in [0.1, 0.15) is 5.82 Å². The Morgan fingerprint density at radius 1 is 0.978 bits per heavy atom. The van der Waals surface area contributed by atoms with E-state index in [2.05, 4.69) is 38.5 Å². The zero-order valence-corrected chi connectivity index (χ0v) is 25.7. The van der Waals surface area contributed by atoms with Gasteiger partial charge in [-0.05, 0) is 97.8 Å². The van der Waals surface area contributed by atoms with Crippen LogP contribution >= 0.6 is 0 Å². The van der Waals surface area contributed by atoms with Crippen LogP contribution in [0.1, 0.15) is 59.5 Å². The van der Waals surface area contributed by atoms with Crippen molar-refractivity contribution < 1.29 is 30.8 Å². The number of fused-ring (bicyclic) bond motifs is 1. The van der Waals surface area contributed by atoms with Crippen LogP contribution in [0.15, 0.2) is 71.6 Å². The normalized spacial score (nSPS) is 18.0. The van der Waals surface area contributed by atoms with Gasteiger partial charge in [-0.2, -0.15) is 13.2 Å². The maximum atomic E-state index is 13.6. The molecule has 2 atom stereocenters. The third-order valence-corrected chi connectivity index (χ3v) is 9.90. The Morgan fingerprint density at radius 2 is 1.73 bits per heavy atom. The van der Waals surface area contributed by atoms with Gasteiger partial charge in [0.25, 0.3) is 0 Å². The van der Waals surface area contributed by atoms with Crippen molar-refractivity contribution in [1.82, 2.24) is 20.3 Å². The van der Waals surface area contributed by atoms with E-state index in [1.165, 1.54) is 49.2 Å². The number of aryl methyl sites for hydroxylation is 1. The Labute approximate surface area is 261 Å². The zero-order valence-electron chi connectivity index (χ0n) is 24.9. The molecule has 5 rings (SSSR count). The number of hydrogen-bond acceptors (Lipinski definition) is 5. The number of hydrogen-bond donors (Lipinski definition) is 3. The van der Waals surface area contributed by atoms with Gasteiger partial charge in [-0.15, -0.1) is 0 Å². The Kier molecular flexibility index (Phi) is 10.6. The maximum Gasteiger partial charge on any atom is 0.416 e. The molecule has 2 unspecified atom stereocenters. The van der Waals surface area contributed by atoms with Gasteiger partial charge in [0.2, 0.25) is 15.9 Å². The van der Waals surface area contributed by atoms with E-state index in [9.17, 15) is 30.8 Å². The summed E-state index contributed by atoms with van der Waals surface area (Å²) in [7, 11) is -4.47. The van der Waals surface area contributed by atoms with Gasteiger partial charge in [0.05, 0.1) is 16.5 Å². The third kappa shape index (κ3) is 9.12. The number of nitrogens with one attached hydrogen (secondary N) is 3. The van der Waals surface area contributed by atoms with Gasteiger partial charge in [0.15, 0.2) is 0 Å². The molecule has 1 saturated heterocycles. The van der Waals surface area contributed by atoms with Crippen molar-refractivity contribution in [3.63, 3.8) is 0 Å². The molecule has 242 valence electrons. The number of carbonyl (C=O) groups is 1. The van der Waals surface area contributed by atoms with Gasteiger partial charge in [-0.25, -0.2) is 17.5 Å². The molecule has 1 aliphatic carbocycles. The average molecular weight is 647 g/mol. The lowest BCUT2D eigenvalue weighted by Crippen LogP contribution is -2.41. The highest BCUT2D eigenvalue weighted by atomic mass is 32.2. The number of sulfonamides is 1. The van der Waals surface area contributed by atoms with Crippen LogP contribution in [0.3, 0.4) is 0 Å². The first-order valence-corrected chi connectivity index (χ1v) is 16.7. The number of alkyl halides is 3. The predicted octanol–water partition coefficient (Wildman–Crippen LogP) is 5.11. The summed E-state index contributed by atoms with van der Waals surface area (Å²) in [5, 5.41) is 6.52. The molecule has 0 bridgehead atoms. The second-order valence-electron chi connectivity index (χ2n) is 11.8. The molecule has 3 aromatic rings. The first-order valence-electron chi connectivity index (χ1n) is 15.2. The fourth-order valence-electron chi connectivity index (χ4n) is 6.01. The van der Waals surface area contributed by atoms with Crippen molar-refractivity contribution in [2.45, 2.75) is 68.2 Å². The van der Waals surface area contributed by atoms with Gasteiger partial charge in [-0.1, -0.05) is 36.4 Å². The molecule has 0 aromatic heterocycles. The molecular formula is C33H38F4N4O3S. The fourth-order valence-corrected chi connectivity index (χ4v) is 7.28. The predicted molar refractivity (Wildman–Crippen MR) is 163 cm³/mol. The quantitative estimate of drug-likeness (QED) is 0.188. The smallest absolute Gasteiger partial charge is 0.353 e. The highest BCUT2D eigenvalue weighted by Gasteiger charge is 2.32. The summed E-state index contributed by atoms with van der Waals surface area (Å²) in [6.45, 7) is 5.16. The van der Waals surface area contributed by atoms with Crippen molar-refractivity contribution in [2.24, 2.45) is 0 Å². The highest BCUT2D eigenvalue weighted by Crippen LogP contribution is 2.31. The number of nitrogens with zero attached hydrogens (tertiary/aromatic N) is 1. The maximum absolute atomic E-state index is 13.6. The van der Waals surface area contributed by atoms with Crippen LogP contribution in [0.4, 0.5) is 17.6 Å². The van der Waals surface area contributed by atoms with E-state index >= 15 is 0 Å². The second kappa shape index (κ2) is 14.4. The fraction of sp³-hybridized carbons (Fsp3) is 0.424. The van der Waals surface area contributed by atoms with Crippen molar-refractivity contribution in [3.05, 3.63) is 100 Å². The summed E-state index contributed by atoms with van der Waals surface area (Å²) in [6.07, 6.45) is -0.373. The number of carbonyl (C=O) groups excluding carboxylic acids is 1. The summed E-state index contributed by atoms with van der Waals surface area (Å²) in [4.78, 5) is 15.1. The second-order valence-corrected chi connectivity index (χ2v) is 13.5. The van der Waals surface area contributed by atoms with Crippen molar-refractivity contribution in [2.75, 3.05) is 26.2 Å². The van der Waals surface area contributed by atoms with Crippen LogP contribution in [0.2, 0.25) is 0 Å². The van der Waals surface area contributed by atoms with E-state index in [-0.39, 0.29) is 12.5 Å². The molecule has 2 aliphatic rings. The molecule has 12 heteroatoms. The SMILES string of the molecule is O=C(CC(NS(=O)(=O)c1cccc(C(F)(F)F)c1)c1ccc(F)cc1)NC1CCc2cc(CNCCN3CCCC3)ccc2C1. The van der Waals surface area contributed by atoms with Crippen molar-refractivity contribution >= 4 is 15.9 Å². The molecule has 45 heavy (non-hydrogen) atoms.